The fourth-order valence-corrected chi connectivity index (χ4v) is 11.8. The number of halogens is 2. The summed E-state index contributed by atoms with van der Waals surface area (Å²) in [6.45, 7) is 5.86. The maximum atomic E-state index is 14.9. The molecule has 2 saturated heterocycles. The van der Waals surface area contributed by atoms with E-state index in [0.29, 0.717) is 50.7 Å². The maximum absolute atomic E-state index is 14.9. The molecule has 0 saturated carbocycles. The molecule has 0 N–H and O–H groups in total. The number of ether oxygens (including phenoxy) is 2. The Hall–Kier alpha value is -4.78. The van der Waals surface area contributed by atoms with Gasteiger partial charge in [-0.05, 0) is 89.8 Å². The highest BCUT2D eigenvalue weighted by Crippen LogP contribution is 2.51. The van der Waals surface area contributed by atoms with Crippen LogP contribution in [0.25, 0.3) is 0 Å². The van der Waals surface area contributed by atoms with E-state index in [1.807, 2.05) is 10.7 Å². The lowest BCUT2D eigenvalue weighted by Crippen LogP contribution is -2.43. The van der Waals surface area contributed by atoms with Crippen LogP contribution in [0.2, 0.25) is 0 Å². The second-order valence-electron chi connectivity index (χ2n) is 18.1. The monoisotopic (exact) mass is 887 g/mol. The van der Waals surface area contributed by atoms with Gasteiger partial charge in [-0.1, -0.05) is 66.7 Å². The largest absolute Gasteiger partial charge is 0.476 e. The zero-order chi connectivity index (χ0) is 41.7. The summed E-state index contributed by atoms with van der Waals surface area (Å²) in [6, 6.07) is 30.0. The molecule has 10 rings (SSSR count). The number of hydrogen-bond donors (Lipinski definition) is 0. The van der Waals surface area contributed by atoms with Crippen LogP contribution in [-0.4, -0.2) is 82.5 Å². The predicted octanol–water partition coefficient (Wildman–Crippen LogP) is 8.62. The minimum atomic E-state index is -0.829. The van der Waals surface area contributed by atoms with Crippen LogP contribution < -0.4 is 14.5 Å². The van der Waals surface area contributed by atoms with Crippen LogP contribution in [0.5, 0.6) is 5.88 Å². The van der Waals surface area contributed by atoms with Crippen LogP contribution in [0, 0.1) is 0 Å². The Balaban J connectivity index is 1.03. The number of carbonyl (C=O) groups is 1. The number of fused-ring (bicyclic) bond motifs is 5. The first-order chi connectivity index (χ1) is 29.7. The van der Waals surface area contributed by atoms with Crippen molar-refractivity contribution in [2.45, 2.75) is 101 Å². The molecule has 2 fully saturated rings. The minimum Gasteiger partial charge on any atom is -0.476 e. The molecule has 6 heterocycles. The van der Waals surface area contributed by atoms with Crippen molar-refractivity contribution in [1.82, 2.24) is 24.6 Å². The third-order valence-electron chi connectivity index (χ3n) is 13.8. The Morgan fingerprint density at radius 1 is 0.951 bits per heavy atom. The van der Waals surface area contributed by atoms with E-state index >= 15 is 0 Å². The van der Waals surface area contributed by atoms with E-state index < -0.39 is 11.8 Å². The van der Waals surface area contributed by atoms with Crippen molar-refractivity contribution >= 4 is 33.2 Å². The standard InChI is InChI=1S/C49H55BrFN7O3/c1-54(2)47(59)40-24-38-31-55(21-11-23-58(38)53-40)43-25-44(60-33-48-19-10-22-57(48)30-37(51)26-48)52-41-27-49(61-32-39(41)43)20-9-16-36-17-18-42(46(50)45(36)49)56(28-34-12-5-3-6-13-34)29-35-14-7-4-8-15-35/h3-8,12-15,17-18,24-25,37H,9-11,16,19-23,26-33H2,1-2H3/t37-,48+,49+/m1/s1. The van der Waals surface area contributed by atoms with Crippen LogP contribution in [0.15, 0.2) is 89.4 Å². The molecule has 1 amide bonds. The number of hydrogen-bond acceptors (Lipinski definition) is 8. The Morgan fingerprint density at radius 2 is 1.72 bits per heavy atom. The first kappa shape index (κ1) is 40.3. The first-order valence-corrected chi connectivity index (χ1v) is 22.8. The van der Waals surface area contributed by atoms with Crippen molar-refractivity contribution in [3.8, 4) is 5.88 Å². The third-order valence-corrected chi connectivity index (χ3v) is 14.6. The maximum Gasteiger partial charge on any atom is 0.273 e. The molecule has 0 radical (unpaired) electrons. The average Bonchev–Trinajstić information content (AvgIpc) is 3.89. The molecular weight excluding hydrogens is 833 g/mol. The Bertz CT molecular complexity index is 2370. The summed E-state index contributed by atoms with van der Waals surface area (Å²) in [5.41, 5.74) is 9.87. The van der Waals surface area contributed by atoms with Crippen molar-refractivity contribution in [2.24, 2.45) is 0 Å². The second kappa shape index (κ2) is 16.5. The second-order valence-corrected chi connectivity index (χ2v) is 18.9. The number of aromatic nitrogens is 3. The highest BCUT2D eigenvalue weighted by Gasteiger charge is 2.50. The molecule has 0 bridgehead atoms. The number of nitrogens with zero attached hydrogens (tertiary/aromatic N) is 7. The molecule has 0 unspecified atom stereocenters. The summed E-state index contributed by atoms with van der Waals surface area (Å²) < 4.78 is 32.0. The summed E-state index contributed by atoms with van der Waals surface area (Å²) in [7, 11) is 3.52. The van der Waals surface area contributed by atoms with E-state index in [4.69, 9.17) is 19.6 Å². The fourth-order valence-electron chi connectivity index (χ4n) is 10.8. The summed E-state index contributed by atoms with van der Waals surface area (Å²) in [4.78, 5) is 27.1. The average molecular weight is 889 g/mol. The van der Waals surface area contributed by atoms with Crippen LogP contribution in [0.4, 0.5) is 15.8 Å². The van der Waals surface area contributed by atoms with E-state index in [-0.39, 0.29) is 11.4 Å². The van der Waals surface area contributed by atoms with Gasteiger partial charge >= 0.3 is 0 Å². The number of alkyl halides is 1. The predicted molar refractivity (Wildman–Crippen MR) is 239 cm³/mol. The van der Waals surface area contributed by atoms with Crippen LogP contribution in [0.3, 0.4) is 0 Å². The highest BCUT2D eigenvalue weighted by molar-refractivity contribution is 9.10. The van der Waals surface area contributed by atoms with E-state index in [9.17, 15) is 9.18 Å². The zero-order valence-corrected chi connectivity index (χ0v) is 36.9. The van der Waals surface area contributed by atoms with Gasteiger partial charge < -0.3 is 24.2 Å². The van der Waals surface area contributed by atoms with Crippen LogP contribution in [-0.2, 0) is 56.0 Å². The fraction of sp³-hybridized carbons (Fsp3) is 0.449. The van der Waals surface area contributed by atoms with E-state index in [0.717, 1.165) is 104 Å². The molecule has 1 spiro atoms. The van der Waals surface area contributed by atoms with Gasteiger partial charge in [0.25, 0.3) is 5.91 Å². The van der Waals surface area contributed by atoms with E-state index in [1.54, 1.807) is 19.0 Å². The lowest BCUT2D eigenvalue weighted by atomic mass is 9.74. The van der Waals surface area contributed by atoms with Gasteiger partial charge in [0.2, 0.25) is 5.88 Å². The summed E-state index contributed by atoms with van der Waals surface area (Å²) in [6.07, 6.45) is 6.02. The Morgan fingerprint density at radius 3 is 2.48 bits per heavy atom. The smallest absolute Gasteiger partial charge is 0.273 e. The van der Waals surface area contributed by atoms with E-state index in [2.05, 4.69) is 109 Å². The van der Waals surface area contributed by atoms with Crippen molar-refractivity contribution in [1.29, 1.82) is 0 Å². The minimum absolute atomic E-state index is 0.101. The van der Waals surface area contributed by atoms with Gasteiger partial charge in [-0.15, -0.1) is 0 Å². The molecule has 1 aliphatic carbocycles. The quantitative estimate of drug-likeness (QED) is 0.138. The third kappa shape index (κ3) is 7.73. The van der Waals surface area contributed by atoms with E-state index in [1.165, 1.54) is 22.3 Å². The first-order valence-electron chi connectivity index (χ1n) is 22.0. The van der Waals surface area contributed by atoms with Crippen molar-refractivity contribution in [3.05, 3.63) is 134 Å². The molecule has 5 aliphatic rings. The molecule has 61 heavy (non-hydrogen) atoms. The number of rotatable bonds is 10. The molecule has 12 heteroatoms. The van der Waals surface area contributed by atoms with Crippen molar-refractivity contribution < 1.29 is 18.7 Å². The van der Waals surface area contributed by atoms with Gasteiger partial charge in [0.15, 0.2) is 5.69 Å². The molecular formula is C49H55BrFN7O3. The number of benzene rings is 3. The van der Waals surface area contributed by atoms with Gasteiger partial charge in [0, 0.05) is 87.0 Å². The van der Waals surface area contributed by atoms with Crippen molar-refractivity contribution in [2.75, 3.05) is 50.1 Å². The molecule has 3 atom stereocenters. The van der Waals surface area contributed by atoms with Gasteiger partial charge in [-0.25, -0.2) is 9.37 Å². The molecule has 2 aromatic heterocycles. The SMILES string of the molecule is CN(C)C(=O)c1cc2n(n1)CCCN(c1cc(OC[C@@]34CCCN3C[C@H](F)C4)nc3c1CO[C@@]1(CCCc4ccc(N(Cc5ccccc5)Cc5ccccc5)c(Br)c41)C3)C2. The summed E-state index contributed by atoms with van der Waals surface area (Å²) >= 11 is 4.23. The molecule has 10 nitrogen and oxygen atoms in total. The molecule has 318 valence electrons. The summed E-state index contributed by atoms with van der Waals surface area (Å²) in [5.74, 6) is 0.479. The zero-order valence-electron chi connectivity index (χ0n) is 35.3. The number of anilines is 2. The lowest BCUT2D eigenvalue weighted by Gasteiger charge is -2.44. The normalized spacial score (nSPS) is 23.2. The van der Waals surface area contributed by atoms with Gasteiger partial charge in [0.05, 0.1) is 35.8 Å². The topological polar surface area (TPSA) is 79.2 Å². The number of pyridine rings is 1. The number of aryl methyl sites for hydroxylation is 2. The van der Waals surface area contributed by atoms with Crippen LogP contribution in [0.1, 0.15) is 88.2 Å². The molecule has 3 aromatic carbocycles. The van der Waals surface area contributed by atoms with Crippen molar-refractivity contribution in [3.63, 3.8) is 0 Å². The summed E-state index contributed by atoms with van der Waals surface area (Å²) in [5, 5.41) is 4.72. The number of amides is 1. The van der Waals surface area contributed by atoms with Gasteiger partial charge in [-0.2, -0.15) is 5.10 Å². The Kier molecular flexibility index (Phi) is 10.9. The Labute approximate surface area is 366 Å². The molecule has 4 aliphatic heterocycles. The number of carbonyl (C=O) groups excluding carboxylic acids is 1. The van der Waals surface area contributed by atoms with Gasteiger partial charge in [0.1, 0.15) is 18.4 Å². The molecule has 5 aromatic rings. The highest BCUT2D eigenvalue weighted by atomic mass is 79.9. The van der Waals surface area contributed by atoms with Crippen LogP contribution >= 0.6 is 15.9 Å². The lowest BCUT2D eigenvalue weighted by molar-refractivity contribution is -0.0858. The van der Waals surface area contributed by atoms with Gasteiger partial charge in [-0.3, -0.25) is 14.4 Å².